The zero-order chi connectivity index (χ0) is 13.5. The lowest BCUT2D eigenvalue weighted by atomic mass is 10.1. The fourth-order valence-corrected chi connectivity index (χ4v) is 2.09. The summed E-state index contributed by atoms with van der Waals surface area (Å²) in [6.07, 6.45) is 0.632. The van der Waals surface area contributed by atoms with E-state index in [2.05, 4.69) is 5.32 Å². The van der Waals surface area contributed by atoms with Gasteiger partial charge in [-0.1, -0.05) is 30.3 Å². The molecule has 0 bridgehead atoms. The standard InChI is InChI=1S/C14H20N2O3/c17-11-13(10-12-4-2-1-3-5-12)15-14(18)16-6-8-19-9-7-16/h1-5,13,17H,6-11H2,(H,15,18)/t13-/m0/s1. The van der Waals surface area contributed by atoms with Gasteiger partial charge in [0, 0.05) is 13.1 Å². The third kappa shape index (κ3) is 4.22. The Kier molecular flexibility index (Phi) is 5.18. The highest BCUT2D eigenvalue weighted by atomic mass is 16.5. The van der Waals surface area contributed by atoms with Crippen LogP contribution in [0.15, 0.2) is 30.3 Å². The van der Waals surface area contributed by atoms with Crippen molar-refractivity contribution in [1.29, 1.82) is 0 Å². The zero-order valence-corrected chi connectivity index (χ0v) is 10.9. The first-order valence-corrected chi connectivity index (χ1v) is 6.57. The molecule has 1 saturated heterocycles. The first-order valence-electron chi connectivity index (χ1n) is 6.57. The largest absolute Gasteiger partial charge is 0.394 e. The molecular weight excluding hydrogens is 244 g/mol. The molecule has 0 unspecified atom stereocenters. The Bertz CT molecular complexity index is 391. The zero-order valence-electron chi connectivity index (χ0n) is 10.9. The normalized spacial score (nSPS) is 17.0. The number of nitrogens with zero attached hydrogens (tertiary/aromatic N) is 1. The molecule has 0 saturated carbocycles. The maximum atomic E-state index is 12.0. The van der Waals surface area contributed by atoms with Crippen molar-refractivity contribution in [2.45, 2.75) is 12.5 Å². The molecule has 1 atom stereocenters. The fourth-order valence-electron chi connectivity index (χ4n) is 2.09. The summed E-state index contributed by atoms with van der Waals surface area (Å²) < 4.78 is 5.21. The number of hydrogen-bond donors (Lipinski definition) is 2. The summed E-state index contributed by atoms with van der Waals surface area (Å²) in [5, 5.41) is 12.2. The molecule has 2 amide bonds. The molecule has 104 valence electrons. The van der Waals surface area contributed by atoms with Crippen LogP contribution >= 0.6 is 0 Å². The predicted molar refractivity (Wildman–Crippen MR) is 71.9 cm³/mol. The van der Waals surface area contributed by atoms with Gasteiger partial charge >= 0.3 is 6.03 Å². The molecule has 2 N–H and O–H groups in total. The second-order valence-electron chi connectivity index (χ2n) is 4.62. The monoisotopic (exact) mass is 264 g/mol. The summed E-state index contributed by atoms with van der Waals surface area (Å²) in [7, 11) is 0. The quantitative estimate of drug-likeness (QED) is 0.838. The van der Waals surface area contributed by atoms with Gasteiger partial charge in [-0.3, -0.25) is 0 Å². The van der Waals surface area contributed by atoms with Crippen LogP contribution in [-0.4, -0.2) is 55.0 Å². The van der Waals surface area contributed by atoms with Crippen LogP contribution in [0.25, 0.3) is 0 Å². The molecular formula is C14H20N2O3. The Hall–Kier alpha value is -1.59. The third-order valence-electron chi connectivity index (χ3n) is 3.17. The van der Waals surface area contributed by atoms with Gasteiger partial charge < -0.3 is 20.1 Å². The smallest absolute Gasteiger partial charge is 0.317 e. The number of amides is 2. The Morgan fingerprint density at radius 3 is 2.63 bits per heavy atom. The van der Waals surface area contributed by atoms with Gasteiger partial charge in [-0.2, -0.15) is 0 Å². The summed E-state index contributed by atoms with van der Waals surface area (Å²) >= 11 is 0. The number of ether oxygens (including phenoxy) is 1. The summed E-state index contributed by atoms with van der Waals surface area (Å²) in [6.45, 7) is 2.31. The minimum atomic E-state index is -0.252. The lowest BCUT2D eigenvalue weighted by Gasteiger charge is -2.29. The van der Waals surface area contributed by atoms with E-state index in [0.717, 1.165) is 5.56 Å². The summed E-state index contributed by atoms with van der Waals surface area (Å²) in [5.41, 5.74) is 1.10. The van der Waals surface area contributed by atoms with Gasteiger partial charge in [0.05, 0.1) is 25.9 Å². The molecule has 1 aliphatic rings. The van der Waals surface area contributed by atoms with E-state index < -0.39 is 0 Å². The first kappa shape index (κ1) is 13.8. The molecule has 0 radical (unpaired) electrons. The maximum Gasteiger partial charge on any atom is 0.317 e. The van der Waals surface area contributed by atoms with Gasteiger partial charge in [0.25, 0.3) is 0 Å². The van der Waals surface area contributed by atoms with E-state index in [-0.39, 0.29) is 18.7 Å². The minimum Gasteiger partial charge on any atom is -0.394 e. The molecule has 1 fully saturated rings. The number of urea groups is 1. The van der Waals surface area contributed by atoms with Crippen molar-refractivity contribution in [3.8, 4) is 0 Å². The van der Waals surface area contributed by atoms with Crippen molar-refractivity contribution in [3.05, 3.63) is 35.9 Å². The van der Waals surface area contributed by atoms with Gasteiger partial charge in [0.15, 0.2) is 0 Å². The van der Waals surface area contributed by atoms with E-state index in [9.17, 15) is 9.90 Å². The van der Waals surface area contributed by atoms with Gasteiger partial charge in [-0.25, -0.2) is 4.79 Å². The van der Waals surface area contributed by atoms with E-state index in [1.807, 2.05) is 30.3 Å². The highest BCUT2D eigenvalue weighted by molar-refractivity contribution is 5.74. The lowest BCUT2D eigenvalue weighted by Crippen LogP contribution is -2.50. The highest BCUT2D eigenvalue weighted by Gasteiger charge is 2.19. The van der Waals surface area contributed by atoms with Crippen molar-refractivity contribution in [1.82, 2.24) is 10.2 Å². The van der Waals surface area contributed by atoms with Crippen LogP contribution < -0.4 is 5.32 Å². The number of carbonyl (C=O) groups excluding carboxylic acids is 1. The number of carbonyl (C=O) groups is 1. The van der Waals surface area contributed by atoms with Crippen molar-refractivity contribution >= 4 is 6.03 Å². The first-order chi connectivity index (χ1) is 9.29. The van der Waals surface area contributed by atoms with Crippen LogP contribution in [-0.2, 0) is 11.2 Å². The van der Waals surface area contributed by atoms with Crippen LogP contribution in [0.3, 0.4) is 0 Å². The van der Waals surface area contributed by atoms with E-state index in [0.29, 0.717) is 32.7 Å². The van der Waals surface area contributed by atoms with E-state index in [1.54, 1.807) is 4.90 Å². The van der Waals surface area contributed by atoms with Crippen molar-refractivity contribution in [2.75, 3.05) is 32.9 Å². The predicted octanol–water partition coefficient (Wildman–Crippen LogP) is 0.632. The molecule has 19 heavy (non-hydrogen) atoms. The van der Waals surface area contributed by atoms with Crippen LogP contribution in [0.5, 0.6) is 0 Å². The van der Waals surface area contributed by atoms with Gasteiger partial charge in [0.2, 0.25) is 0 Å². The van der Waals surface area contributed by atoms with E-state index >= 15 is 0 Å². The molecule has 5 heteroatoms. The molecule has 5 nitrogen and oxygen atoms in total. The Morgan fingerprint density at radius 1 is 1.32 bits per heavy atom. The molecule has 1 aromatic carbocycles. The SMILES string of the molecule is O=C(N[C@H](CO)Cc1ccccc1)N1CCOCC1. The van der Waals surface area contributed by atoms with Gasteiger partial charge in [0.1, 0.15) is 0 Å². The Morgan fingerprint density at radius 2 is 2.00 bits per heavy atom. The van der Waals surface area contributed by atoms with Crippen molar-refractivity contribution < 1.29 is 14.6 Å². The average molecular weight is 264 g/mol. The van der Waals surface area contributed by atoms with Crippen molar-refractivity contribution in [2.24, 2.45) is 0 Å². The lowest BCUT2D eigenvalue weighted by molar-refractivity contribution is 0.0518. The van der Waals surface area contributed by atoms with Gasteiger partial charge in [-0.15, -0.1) is 0 Å². The number of hydrogen-bond acceptors (Lipinski definition) is 3. The molecule has 1 heterocycles. The van der Waals surface area contributed by atoms with Crippen molar-refractivity contribution in [3.63, 3.8) is 0 Å². The number of benzene rings is 1. The average Bonchev–Trinajstić information content (AvgIpc) is 2.48. The summed E-state index contributed by atoms with van der Waals surface area (Å²) in [5.74, 6) is 0. The molecule has 1 aliphatic heterocycles. The summed E-state index contributed by atoms with van der Waals surface area (Å²) in [6, 6.07) is 9.45. The van der Waals surface area contributed by atoms with E-state index in [1.165, 1.54) is 0 Å². The Balaban J connectivity index is 1.86. The molecule has 0 aliphatic carbocycles. The number of aliphatic hydroxyl groups excluding tert-OH is 1. The van der Waals surface area contributed by atoms with E-state index in [4.69, 9.17) is 4.74 Å². The topological polar surface area (TPSA) is 61.8 Å². The fraction of sp³-hybridized carbons (Fsp3) is 0.500. The number of aliphatic hydroxyl groups is 1. The molecule has 0 spiro atoms. The van der Waals surface area contributed by atoms with Gasteiger partial charge in [-0.05, 0) is 12.0 Å². The second-order valence-corrected chi connectivity index (χ2v) is 4.62. The number of rotatable bonds is 4. The van der Waals surface area contributed by atoms with Crippen LogP contribution in [0.1, 0.15) is 5.56 Å². The van der Waals surface area contributed by atoms with Crippen LogP contribution in [0, 0.1) is 0 Å². The molecule has 1 aromatic rings. The summed E-state index contributed by atoms with van der Waals surface area (Å²) in [4.78, 5) is 13.7. The maximum absolute atomic E-state index is 12.0. The highest BCUT2D eigenvalue weighted by Crippen LogP contribution is 2.04. The van der Waals surface area contributed by atoms with Crippen LogP contribution in [0.2, 0.25) is 0 Å². The minimum absolute atomic E-state index is 0.0645. The number of morpholine rings is 1. The molecule has 0 aromatic heterocycles. The number of nitrogens with one attached hydrogen (secondary N) is 1. The Labute approximate surface area is 113 Å². The third-order valence-corrected chi connectivity index (χ3v) is 3.17. The molecule has 2 rings (SSSR count). The second kappa shape index (κ2) is 7.11. The van der Waals surface area contributed by atoms with Crippen LogP contribution in [0.4, 0.5) is 4.79 Å².